The Hall–Kier alpha value is -3.80. The van der Waals surface area contributed by atoms with Crippen LogP contribution in [0.15, 0.2) is 76.9 Å². The van der Waals surface area contributed by atoms with Crippen molar-refractivity contribution in [3.63, 3.8) is 0 Å². The van der Waals surface area contributed by atoms with Gasteiger partial charge in [-0.2, -0.15) is 0 Å². The molecule has 0 radical (unpaired) electrons. The summed E-state index contributed by atoms with van der Waals surface area (Å²) in [5.41, 5.74) is 2.40. The monoisotopic (exact) mass is 445 g/mol. The number of aliphatic hydroxyl groups is 1. The second-order valence-corrected chi connectivity index (χ2v) is 8.29. The SMILES string of the molecule is CCOc1ccc(/C(O)=C2\C(=O)C(=O)N(Cc3ccco3)C2c2ccc(C(C)C)cc2)cc1. The topological polar surface area (TPSA) is 80.0 Å². The van der Waals surface area contributed by atoms with Gasteiger partial charge in [0.2, 0.25) is 0 Å². The summed E-state index contributed by atoms with van der Waals surface area (Å²) in [5, 5.41) is 11.2. The molecule has 6 heteroatoms. The molecule has 1 amide bonds. The third-order valence-electron chi connectivity index (χ3n) is 5.80. The Morgan fingerprint density at radius 3 is 2.33 bits per heavy atom. The second kappa shape index (κ2) is 9.36. The van der Waals surface area contributed by atoms with Gasteiger partial charge in [0, 0.05) is 5.56 Å². The Morgan fingerprint density at radius 2 is 1.76 bits per heavy atom. The van der Waals surface area contributed by atoms with Crippen molar-refractivity contribution in [2.24, 2.45) is 0 Å². The van der Waals surface area contributed by atoms with Crippen LogP contribution in [0.5, 0.6) is 5.75 Å². The van der Waals surface area contributed by atoms with Crippen LogP contribution < -0.4 is 4.74 Å². The molecule has 1 fully saturated rings. The first-order valence-corrected chi connectivity index (χ1v) is 11.0. The van der Waals surface area contributed by atoms with E-state index in [2.05, 4.69) is 13.8 Å². The Labute approximate surface area is 193 Å². The summed E-state index contributed by atoms with van der Waals surface area (Å²) in [6.45, 7) is 6.73. The number of carbonyl (C=O) groups is 2. The van der Waals surface area contributed by atoms with E-state index >= 15 is 0 Å². The Bertz CT molecular complexity index is 1160. The van der Waals surface area contributed by atoms with Gasteiger partial charge in [-0.1, -0.05) is 38.1 Å². The molecule has 1 unspecified atom stereocenters. The highest BCUT2D eigenvalue weighted by atomic mass is 16.5. The maximum absolute atomic E-state index is 13.1. The lowest BCUT2D eigenvalue weighted by Gasteiger charge is -2.25. The summed E-state index contributed by atoms with van der Waals surface area (Å²) in [7, 11) is 0. The van der Waals surface area contributed by atoms with Gasteiger partial charge >= 0.3 is 0 Å². The van der Waals surface area contributed by atoms with Crippen molar-refractivity contribution >= 4 is 17.4 Å². The summed E-state index contributed by atoms with van der Waals surface area (Å²) in [5.74, 6) is -0.0359. The lowest BCUT2D eigenvalue weighted by Crippen LogP contribution is -2.29. The number of ether oxygens (including phenoxy) is 1. The minimum atomic E-state index is -0.733. The van der Waals surface area contributed by atoms with Gasteiger partial charge in [0.1, 0.15) is 17.3 Å². The molecular formula is C27H27NO5. The van der Waals surface area contributed by atoms with Crippen LogP contribution >= 0.6 is 0 Å². The van der Waals surface area contributed by atoms with Crippen LogP contribution in [0.4, 0.5) is 0 Å². The first kappa shape index (κ1) is 22.4. The van der Waals surface area contributed by atoms with Gasteiger partial charge in [-0.3, -0.25) is 9.59 Å². The number of carbonyl (C=O) groups excluding carboxylic acids is 2. The van der Waals surface area contributed by atoms with E-state index in [0.717, 1.165) is 11.1 Å². The largest absolute Gasteiger partial charge is 0.507 e. The molecule has 1 atom stereocenters. The lowest BCUT2D eigenvalue weighted by molar-refractivity contribution is -0.140. The zero-order valence-corrected chi connectivity index (χ0v) is 18.9. The fourth-order valence-corrected chi connectivity index (χ4v) is 4.05. The molecule has 170 valence electrons. The normalized spacial score (nSPS) is 17.7. The van der Waals surface area contributed by atoms with Crippen molar-refractivity contribution < 1.29 is 23.8 Å². The van der Waals surface area contributed by atoms with Crippen LogP contribution in [0.1, 0.15) is 55.2 Å². The number of Topliss-reactive ketones (excluding diaryl/α,β-unsaturated/α-hetero) is 1. The highest BCUT2D eigenvalue weighted by Crippen LogP contribution is 2.40. The third-order valence-corrected chi connectivity index (χ3v) is 5.80. The molecule has 1 aliphatic heterocycles. The minimum Gasteiger partial charge on any atom is -0.507 e. The lowest BCUT2D eigenvalue weighted by atomic mass is 9.93. The van der Waals surface area contributed by atoms with Gasteiger partial charge < -0.3 is 19.2 Å². The molecule has 33 heavy (non-hydrogen) atoms. The molecule has 0 spiro atoms. The Kier molecular flexibility index (Phi) is 6.36. The number of rotatable bonds is 7. The average Bonchev–Trinajstić information content (AvgIpc) is 3.42. The molecule has 4 rings (SSSR count). The molecular weight excluding hydrogens is 418 g/mol. The number of ketones is 1. The molecule has 0 aliphatic carbocycles. The van der Waals surface area contributed by atoms with Gasteiger partial charge in [-0.05, 0) is 60.4 Å². The van der Waals surface area contributed by atoms with Gasteiger partial charge in [0.25, 0.3) is 11.7 Å². The van der Waals surface area contributed by atoms with Gasteiger partial charge in [0.05, 0.1) is 31.0 Å². The second-order valence-electron chi connectivity index (χ2n) is 8.29. The maximum atomic E-state index is 13.1. The van der Waals surface area contributed by atoms with E-state index in [-0.39, 0.29) is 17.9 Å². The van der Waals surface area contributed by atoms with Crippen LogP contribution in [-0.2, 0) is 16.1 Å². The number of furan rings is 1. The van der Waals surface area contributed by atoms with Crippen molar-refractivity contribution in [2.75, 3.05) is 6.61 Å². The van der Waals surface area contributed by atoms with Crippen LogP contribution in [0.25, 0.3) is 5.76 Å². The molecule has 6 nitrogen and oxygen atoms in total. The number of aliphatic hydroxyl groups excluding tert-OH is 1. The quantitative estimate of drug-likeness (QED) is 0.298. The van der Waals surface area contributed by atoms with Gasteiger partial charge in [-0.15, -0.1) is 0 Å². The zero-order chi connectivity index (χ0) is 23.5. The van der Waals surface area contributed by atoms with Crippen LogP contribution in [0.3, 0.4) is 0 Å². The Morgan fingerprint density at radius 1 is 1.06 bits per heavy atom. The summed E-state index contributed by atoms with van der Waals surface area (Å²) in [6.07, 6.45) is 1.53. The van der Waals surface area contributed by atoms with Crippen LogP contribution in [-0.4, -0.2) is 28.3 Å². The fraction of sp³-hybridized carbons (Fsp3) is 0.259. The summed E-state index contributed by atoms with van der Waals surface area (Å²) in [4.78, 5) is 27.6. The van der Waals surface area contributed by atoms with E-state index in [9.17, 15) is 14.7 Å². The van der Waals surface area contributed by atoms with E-state index < -0.39 is 17.7 Å². The molecule has 3 aromatic rings. The standard InChI is InChI=1S/C27H27NO5/c1-4-32-21-13-11-20(12-14-21)25(29)23-24(19-9-7-18(8-10-19)17(2)3)28(27(31)26(23)30)16-22-6-5-15-33-22/h5-15,17,24,29H,4,16H2,1-3H3/b25-23+. The van der Waals surface area contributed by atoms with E-state index in [4.69, 9.17) is 9.15 Å². The zero-order valence-electron chi connectivity index (χ0n) is 18.9. The number of benzene rings is 2. The molecule has 0 saturated carbocycles. The van der Waals surface area contributed by atoms with E-state index in [1.54, 1.807) is 36.4 Å². The summed E-state index contributed by atoms with van der Waals surface area (Å²) >= 11 is 0. The first-order chi connectivity index (χ1) is 15.9. The number of likely N-dealkylation sites (tertiary alicyclic amines) is 1. The number of hydrogen-bond acceptors (Lipinski definition) is 5. The van der Waals surface area contributed by atoms with Crippen molar-refractivity contribution in [1.29, 1.82) is 0 Å². The third kappa shape index (κ3) is 4.42. The first-order valence-electron chi connectivity index (χ1n) is 11.0. The molecule has 1 N–H and O–H groups in total. The van der Waals surface area contributed by atoms with E-state index in [0.29, 0.717) is 29.6 Å². The highest BCUT2D eigenvalue weighted by molar-refractivity contribution is 6.46. The van der Waals surface area contributed by atoms with Crippen molar-refractivity contribution in [2.45, 2.75) is 39.3 Å². The smallest absolute Gasteiger partial charge is 0.296 e. The molecule has 1 aliphatic rings. The summed E-state index contributed by atoms with van der Waals surface area (Å²) < 4.78 is 10.9. The maximum Gasteiger partial charge on any atom is 0.296 e. The number of nitrogens with zero attached hydrogens (tertiary/aromatic N) is 1. The van der Waals surface area contributed by atoms with Gasteiger partial charge in [0.15, 0.2) is 0 Å². The summed E-state index contributed by atoms with van der Waals surface area (Å²) in [6, 6.07) is 17.4. The molecule has 2 aromatic carbocycles. The number of amides is 1. The predicted octanol–water partition coefficient (Wildman–Crippen LogP) is 5.42. The minimum absolute atomic E-state index is 0.0630. The fourth-order valence-electron chi connectivity index (χ4n) is 4.05. The van der Waals surface area contributed by atoms with E-state index in [1.807, 2.05) is 31.2 Å². The van der Waals surface area contributed by atoms with Crippen molar-refractivity contribution in [1.82, 2.24) is 4.90 Å². The molecule has 2 heterocycles. The molecule has 1 aromatic heterocycles. The van der Waals surface area contributed by atoms with E-state index in [1.165, 1.54) is 11.2 Å². The van der Waals surface area contributed by atoms with Crippen LogP contribution in [0.2, 0.25) is 0 Å². The Balaban J connectivity index is 1.81. The average molecular weight is 446 g/mol. The van der Waals surface area contributed by atoms with Gasteiger partial charge in [-0.25, -0.2) is 0 Å². The number of hydrogen-bond donors (Lipinski definition) is 1. The highest BCUT2D eigenvalue weighted by Gasteiger charge is 2.46. The molecule has 0 bridgehead atoms. The molecule has 1 saturated heterocycles. The predicted molar refractivity (Wildman–Crippen MR) is 125 cm³/mol. The van der Waals surface area contributed by atoms with Crippen molar-refractivity contribution in [3.8, 4) is 5.75 Å². The van der Waals surface area contributed by atoms with Crippen molar-refractivity contribution in [3.05, 3.63) is 95.0 Å². The van der Waals surface area contributed by atoms with Crippen LogP contribution in [0, 0.1) is 0 Å².